The van der Waals surface area contributed by atoms with Crippen LogP contribution in [0.4, 0.5) is 0 Å². The second kappa shape index (κ2) is 4.28. The summed E-state index contributed by atoms with van der Waals surface area (Å²) >= 11 is 0. The number of carbonyl (C=O) groups is 1. The molecule has 0 spiro atoms. The number of aliphatic hydroxyl groups excluding tert-OH is 2. The maximum absolute atomic E-state index is 10.4. The Hall–Kier alpha value is -0.300. The average Bonchev–Trinajstić information content (AvgIpc) is 1.99. The van der Waals surface area contributed by atoms with E-state index in [9.17, 15) is 9.36 Å². The molecule has 0 radical (unpaired) electrons. The summed E-state index contributed by atoms with van der Waals surface area (Å²) in [4.78, 5) is 27.1. The number of hydrogen-bond acceptors (Lipinski definition) is 5. The first-order chi connectivity index (χ1) is 5.75. The fourth-order valence-electron chi connectivity index (χ4n) is 0.598. The standard InChI is InChI=1S/C5H11O7P/c1-5(3-7,4(8)2-6)12-13(9,10)11/h3-4,6,8H,2H2,1H3,(H2,9,10,11)/t4-,5+/m1/s1. The molecule has 8 heteroatoms. The Morgan fingerprint density at radius 2 is 2.08 bits per heavy atom. The zero-order valence-corrected chi connectivity index (χ0v) is 7.72. The quantitative estimate of drug-likeness (QED) is 0.321. The van der Waals surface area contributed by atoms with Crippen LogP contribution in [0.2, 0.25) is 0 Å². The number of phosphoric acid groups is 1. The summed E-state index contributed by atoms with van der Waals surface area (Å²) in [6.45, 7) is 0.120. The minimum Gasteiger partial charge on any atom is -0.394 e. The first-order valence-corrected chi connectivity index (χ1v) is 4.80. The lowest BCUT2D eigenvalue weighted by atomic mass is 10.0. The summed E-state index contributed by atoms with van der Waals surface area (Å²) in [5, 5.41) is 17.4. The normalized spacial score (nSPS) is 19.2. The molecule has 0 aromatic heterocycles. The van der Waals surface area contributed by atoms with Gasteiger partial charge in [0.2, 0.25) is 0 Å². The summed E-state index contributed by atoms with van der Waals surface area (Å²) in [6.07, 6.45) is -1.66. The van der Waals surface area contributed by atoms with Gasteiger partial charge in [0.1, 0.15) is 6.10 Å². The van der Waals surface area contributed by atoms with Crippen LogP contribution in [-0.4, -0.2) is 44.6 Å². The van der Waals surface area contributed by atoms with Crippen molar-refractivity contribution >= 4 is 14.1 Å². The molecule has 0 aliphatic carbocycles. The molecule has 0 fully saturated rings. The molecular weight excluding hydrogens is 203 g/mol. The van der Waals surface area contributed by atoms with Crippen LogP contribution in [0.15, 0.2) is 0 Å². The summed E-state index contributed by atoms with van der Waals surface area (Å²) in [5.41, 5.74) is -2.10. The number of hydrogen-bond donors (Lipinski definition) is 4. The van der Waals surface area contributed by atoms with E-state index in [1.54, 1.807) is 0 Å². The Bertz CT molecular complexity index is 223. The van der Waals surface area contributed by atoms with E-state index in [2.05, 4.69) is 4.52 Å². The summed E-state index contributed by atoms with van der Waals surface area (Å²) in [7, 11) is -4.87. The van der Waals surface area contributed by atoms with Crippen molar-refractivity contribution in [2.24, 2.45) is 0 Å². The number of aliphatic hydroxyl groups is 2. The van der Waals surface area contributed by atoms with E-state index in [-0.39, 0.29) is 6.29 Å². The van der Waals surface area contributed by atoms with Gasteiger partial charge in [0.25, 0.3) is 0 Å². The SMILES string of the molecule is C[C@@](C=O)(OP(=O)(O)O)[C@H](O)CO. The molecule has 4 N–H and O–H groups in total. The molecule has 0 bridgehead atoms. The van der Waals surface area contributed by atoms with E-state index < -0.39 is 26.1 Å². The second-order valence-electron chi connectivity index (χ2n) is 2.58. The predicted octanol–water partition coefficient (Wildman–Crippen LogP) is -1.59. The Labute approximate surface area is 74.2 Å². The highest BCUT2D eigenvalue weighted by Crippen LogP contribution is 2.41. The van der Waals surface area contributed by atoms with E-state index in [1.807, 2.05) is 0 Å². The molecule has 13 heavy (non-hydrogen) atoms. The summed E-state index contributed by atoms with van der Waals surface area (Å²) < 4.78 is 14.4. The van der Waals surface area contributed by atoms with Gasteiger partial charge in [-0.3, -0.25) is 4.52 Å². The van der Waals surface area contributed by atoms with Crippen molar-refractivity contribution in [3.05, 3.63) is 0 Å². The maximum atomic E-state index is 10.4. The number of rotatable bonds is 5. The maximum Gasteiger partial charge on any atom is 0.470 e. The molecule has 0 saturated carbocycles. The van der Waals surface area contributed by atoms with Crippen LogP contribution in [0.25, 0.3) is 0 Å². The number of carbonyl (C=O) groups excluding carboxylic acids is 1. The molecule has 0 aromatic carbocycles. The van der Waals surface area contributed by atoms with Crippen molar-refractivity contribution < 1.29 is 33.9 Å². The zero-order valence-electron chi connectivity index (χ0n) is 6.82. The lowest BCUT2D eigenvalue weighted by molar-refractivity contribution is -0.135. The topological polar surface area (TPSA) is 124 Å². The molecular formula is C5H11O7P. The Morgan fingerprint density at radius 1 is 1.62 bits per heavy atom. The van der Waals surface area contributed by atoms with Crippen molar-refractivity contribution in [3.8, 4) is 0 Å². The van der Waals surface area contributed by atoms with Gasteiger partial charge in [0.05, 0.1) is 6.61 Å². The molecule has 78 valence electrons. The van der Waals surface area contributed by atoms with Crippen LogP contribution in [0.1, 0.15) is 6.92 Å². The lowest BCUT2D eigenvalue weighted by Gasteiger charge is -2.27. The minimum atomic E-state index is -4.87. The van der Waals surface area contributed by atoms with E-state index in [4.69, 9.17) is 20.0 Å². The minimum absolute atomic E-state index is 0.0208. The van der Waals surface area contributed by atoms with Crippen LogP contribution in [0.3, 0.4) is 0 Å². The highest BCUT2D eigenvalue weighted by molar-refractivity contribution is 7.46. The molecule has 0 heterocycles. The van der Waals surface area contributed by atoms with Crippen LogP contribution >= 0.6 is 7.82 Å². The molecule has 0 rings (SSSR count). The third kappa shape index (κ3) is 3.95. The smallest absolute Gasteiger partial charge is 0.394 e. The van der Waals surface area contributed by atoms with Crippen molar-refractivity contribution in [1.82, 2.24) is 0 Å². The van der Waals surface area contributed by atoms with Crippen LogP contribution in [-0.2, 0) is 13.9 Å². The fourth-order valence-corrected chi connectivity index (χ4v) is 1.28. The van der Waals surface area contributed by atoms with Gasteiger partial charge in [0, 0.05) is 0 Å². The Balaban J connectivity index is 4.65. The van der Waals surface area contributed by atoms with Gasteiger partial charge in [-0.25, -0.2) is 4.57 Å². The molecule has 0 aliphatic heterocycles. The van der Waals surface area contributed by atoms with Crippen molar-refractivity contribution in [2.45, 2.75) is 18.6 Å². The van der Waals surface area contributed by atoms with Gasteiger partial charge in [-0.05, 0) is 6.92 Å². The predicted molar refractivity (Wildman–Crippen MR) is 40.7 cm³/mol. The third-order valence-electron chi connectivity index (χ3n) is 1.38. The van der Waals surface area contributed by atoms with Crippen LogP contribution in [0, 0.1) is 0 Å². The van der Waals surface area contributed by atoms with Gasteiger partial charge >= 0.3 is 7.82 Å². The number of phosphoric ester groups is 1. The molecule has 0 aliphatic rings. The Morgan fingerprint density at radius 3 is 2.31 bits per heavy atom. The monoisotopic (exact) mass is 214 g/mol. The molecule has 2 atom stereocenters. The molecule has 0 amide bonds. The van der Waals surface area contributed by atoms with Crippen molar-refractivity contribution in [1.29, 1.82) is 0 Å². The first kappa shape index (κ1) is 12.7. The fraction of sp³-hybridized carbons (Fsp3) is 0.800. The van der Waals surface area contributed by atoms with Crippen molar-refractivity contribution in [3.63, 3.8) is 0 Å². The third-order valence-corrected chi connectivity index (χ3v) is 2.02. The van der Waals surface area contributed by atoms with Gasteiger partial charge in [-0.1, -0.05) is 0 Å². The first-order valence-electron chi connectivity index (χ1n) is 3.26. The van der Waals surface area contributed by atoms with Crippen LogP contribution in [0.5, 0.6) is 0 Å². The summed E-state index contributed by atoms with van der Waals surface area (Å²) in [6, 6.07) is 0. The largest absolute Gasteiger partial charge is 0.470 e. The number of aldehydes is 1. The van der Waals surface area contributed by atoms with Gasteiger partial charge in [0.15, 0.2) is 11.9 Å². The van der Waals surface area contributed by atoms with E-state index >= 15 is 0 Å². The molecule has 0 unspecified atom stereocenters. The van der Waals surface area contributed by atoms with Crippen LogP contribution < -0.4 is 0 Å². The molecule has 0 saturated heterocycles. The molecule has 7 nitrogen and oxygen atoms in total. The van der Waals surface area contributed by atoms with Crippen molar-refractivity contribution in [2.75, 3.05) is 6.61 Å². The second-order valence-corrected chi connectivity index (χ2v) is 3.75. The lowest BCUT2D eigenvalue weighted by Crippen LogP contribution is -2.45. The highest BCUT2D eigenvalue weighted by atomic mass is 31.2. The van der Waals surface area contributed by atoms with E-state index in [0.29, 0.717) is 0 Å². The van der Waals surface area contributed by atoms with E-state index in [1.165, 1.54) is 0 Å². The van der Waals surface area contributed by atoms with Gasteiger partial charge in [-0.15, -0.1) is 0 Å². The van der Waals surface area contributed by atoms with Gasteiger partial charge in [-0.2, -0.15) is 0 Å². The average molecular weight is 214 g/mol. The molecule has 0 aromatic rings. The zero-order chi connectivity index (χ0) is 10.7. The highest BCUT2D eigenvalue weighted by Gasteiger charge is 2.39. The van der Waals surface area contributed by atoms with E-state index in [0.717, 1.165) is 6.92 Å². The Kier molecular flexibility index (Phi) is 4.18. The van der Waals surface area contributed by atoms with Gasteiger partial charge < -0.3 is 24.8 Å². The summed E-state index contributed by atoms with van der Waals surface area (Å²) in [5.74, 6) is 0.